The Morgan fingerprint density at radius 3 is 2.44 bits per heavy atom. The summed E-state index contributed by atoms with van der Waals surface area (Å²) in [5.41, 5.74) is 3.31. The van der Waals surface area contributed by atoms with E-state index in [9.17, 15) is 14.7 Å². The van der Waals surface area contributed by atoms with E-state index in [1.54, 1.807) is 48.4 Å². The molecule has 0 radical (unpaired) electrons. The van der Waals surface area contributed by atoms with Gasteiger partial charge < -0.3 is 29.0 Å². The maximum Gasteiger partial charge on any atom is 0.295 e. The molecule has 1 amide bonds. The summed E-state index contributed by atoms with van der Waals surface area (Å²) in [5.74, 6) is 0.106. The number of ether oxygens (including phenoxy) is 4. The van der Waals surface area contributed by atoms with Crippen LogP contribution in [-0.4, -0.2) is 79.7 Å². The van der Waals surface area contributed by atoms with Gasteiger partial charge in [0.05, 0.1) is 38.5 Å². The Labute approximate surface area is 265 Å². The van der Waals surface area contributed by atoms with E-state index < -0.39 is 17.7 Å². The molecular weight excluding hydrogens is 572 g/mol. The Bertz CT molecular complexity index is 1510. The van der Waals surface area contributed by atoms with E-state index in [0.717, 1.165) is 37.1 Å². The van der Waals surface area contributed by atoms with E-state index in [4.69, 9.17) is 18.9 Å². The Balaban J connectivity index is 1.45. The highest BCUT2D eigenvalue weighted by atomic mass is 16.5. The van der Waals surface area contributed by atoms with Crippen molar-refractivity contribution in [3.05, 3.63) is 94.6 Å². The molecule has 1 unspecified atom stereocenters. The topological polar surface area (TPSA) is 97.8 Å². The summed E-state index contributed by atoms with van der Waals surface area (Å²) in [6.45, 7) is 8.74. The molecule has 1 N–H and O–H groups in total. The number of amides is 1. The van der Waals surface area contributed by atoms with Crippen LogP contribution in [0.3, 0.4) is 0 Å². The highest BCUT2D eigenvalue weighted by Gasteiger charge is 2.46. The zero-order valence-electron chi connectivity index (χ0n) is 26.3. The van der Waals surface area contributed by atoms with Crippen molar-refractivity contribution in [2.45, 2.75) is 39.3 Å². The van der Waals surface area contributed by atoms with E-state index in [1.807, 2.05) is 31.2 Å². The van der Waals surface area contributed by atoms with Crippen molar-refractivity contribution in [3.8, 4) is 17.2 Å². The lowest BCUT2D eigenvalue weighted by Gasteiger charge is -2.31. The van der Waals surface area contributed by atoms with Crippen LogP contribution in [0.15, 0.2) is 72.3 Å². The molecule has 45 heavy (non-hydrogen) atoms. The highest BCUT2D eigenvalue weighted by molar-refractivity contribution is 6.46. The van der Waals surface area contributed by atoms with Crippen LogP contribution in [0.25, 0.3) is 5.76 Å². The van der Waals surface area contributed by atoms with Gasteiger partial charge in [-0.25, -0.2) is 0 Å². The second-order valence-electron chi connectivity index (χ2n) is 11.4. The Hall–Kier alpha value is -4.34. The molecule has 9 nitrogen and oxygen atoms in total. The number of rotatable bonds is 13. The lowest BCUT2D eigenvalue weighted by Crippen LogP contribution is -2.42. The van der Waals surface area contributed by atoms with Gasteiger partial charge in [-0.3, -0.25) is 14.5 Å². The minimum atomic E-state index is -0.804. The number of aliphatic hydroxyl groups excluding tert-OH is 1. The summed E-state index contributed by atoms with van der Waals surface area (Å²) in [7, 11) is 1.56. The largest absolute Gasteiger partial charge is 0.507 e. The fraction of sp³-hybridized carbons (Fsp3) is 0.389. The standard InChI is InChI=1S/C36H42N2O7/c1-4-5-19-44-30-14-11-28(23-31(30)42-3)33-32(35(40)36(41)38(33)16-15-37-17-20-43-21-18-37)34(39)27-9-12-29(13-10-27)45-24-26-8-6-7-25(2)22-26/h6-14,22-23,33,39H,4-5,15-21,24H2,1-3H3/b34-32+. The first-order valence-corrected chi connectivity index (χ1v) is 15.6. The second-order valence-corrected chi connectivity index (χ2v) is 11.4. The minimum Gasteiger partial charge on any atom is -0.507 e. The van der Waals surface area contributed by atoms with Crippen molar-refractivity contribution in [1.29, 1.82) is 0 Å². The van der Waals surface area contributed by atoms with Gasteiger partial charge in [-0.1, -0.05) is 49.2 Å². The molecule has 2 saturated heterocycles. The highest BCUT2D eigenvalue weighted by Crippen LogP contribution is 2.42. The van der Waals surface area contributed by atoms with Crippen molar-refractivity contribution < 1.29 is 33.6 Å². The van der Waals surface area contributed by atoms with Gasteiger partial charge in [-0.15, -0.1) is 0 Å². The van der Waals surface area contributed by atoms with Crippen LogP contribution in [0.4, 0.5) is 0 Å². The van der Waals surface area contributed by atoms with Crippen molar-refractivity contribution in [1.82, 2.24) is 9.80 Å². The van der Waals surface area contributed by atoms with E-state index in [2.05, 4.69) is 17.9 Å². The van der Waals surface area contributed by atoms with Crippen LogP contribution in [-0.2, 0) is 20.9 Å². The van der Waals surface area contributed by atoms with Gasteiger partial charge in [0.2, 0.25) is 0 Å². The minimum absolute atomic E-state index is 0.0390. The summed E-state index contributed by atoms with van der Waals surface area (Å²) >= 11 is 0. The average Bonchev–Trinajstić information content (AvgIpc) is 3.32. The molecule has 9 heteroatoms. The number of hydrogen-bond acceptors (Lipinski definition) is 8. The number of methoxy groups -OCH3 is 1. The molecule has 2 fully saturated rings. The number of aryl methyl sites for hydroxylation is 1. The Morgan fingerprint density at radius 1 is 0.956 bits per heavy atom. The van der Waals surface area contributed by atoms with E-state index in [1.165, 1.54) is 0 Å². The predicted octanol–water partition coefficient (Wildman–Crippen LogP) is 5.52. The molecule has 1 atom stereocenters. The third kappa shape index (κ3) is 7.67. The van der Waals surface area contributed by atoms with Gasteiger partial charge in [0, 0.05) is 31.7 Å². The Morgan fingerprint density at radius 2 is 1.73 bits per heavy atom. The molecular formula is C36H42N2O7. The molecule has 5 rings (SSSR count). The number of morpholine rings is 1. The number of benzene rings is 3. The summed E-state index contributed by atoms with van der Waals surface area (Å²) in [6, 6.07) is 19.6. The number of likely N-dealkylation sites (tertiary alicyclic amines) is 1. The summed E-state index contributed by atoms with van der Waals surface area (Å²) < 4.78 is 23.0. The molecule has 0 bridgehead atoms. The molecule has 0 saturated carbocycles. The van der Waals surface area contributed by atoms with E-state index in [0.29, 0.717) is 67.9 Å². The lowest BCUT2D eigenvalue weighted by atomic mass is 9.95. The fourth-order valence-electron chi connectivity index (χ4n) is 5.66. The molecule has 0 spiro atoms. The maximum absolute atomic E-state index is 13.6. The number of nitrogens with zero attached hydrogens (tertiary/aromatic N) is 2. The van der Waals surface area contributed by atoms with Crippen LogP contribution in [0, 0.1) is 6.92 Å². The summed E-state index contributed by atoms with van der Waals surface area (Å²) in [6.07, 6.45) is 1.90. The normalized spacial score (nSPS) is 18.3. The summed E-state index contributed by atoms with van der Waals surface area (Å²) in [5, 5.41) is 11.6. The SMILES string of the molecule is CCCCOc1ccc(C2/C(=C(\O)c3ccc(OCc4cccc(C)c4)cc3)C(=O)C(=O)N2CCN2CCOCC2)cc1OC. The number of carbonyl (C=O) groups excluding carboxylic acids is 2. The number of hydrogen-bond donors (Lipinski definition) is 1. The maximum atomic E-state index is 13.6. The van der Waals surface area contributed by atoms with Crippen LogP contribution in [0.1, 0.15) is 48.1 Å². The molecule has 238 valence electrons. The molecule has 0 aliphatic carbocycles. The van der Waals surface area contributed by atoms with Gasteiger partial charge in [-0.05, 0) is 60.9 Å². The monoisotopic (exact) mass is 614 g/mol. The lowest BCUT2D eigenvalue weighted by molar-refractivity contribution is -0.140. The zero-order valence-corrected chi connectivity index (χ0v) is 26.3. The Kier molecular flexibility index (Phi) is 10.8. The molecule has 3 aromatic carbocycles. The van der Waals surface area contributed by atoms with E-state index in [-0.39, 0.29) is 11.3 Å². The third-order valence-corrected chi connectivity index (χ3v) is 8.18. The van der Waals surface area contributed by atoms with Crippen molar-refractivity contribution in [3.63, 3.8) is 0 Å². The molecule has 2 aliphatic rings. The number of carbonyl (C=O) groups is 2. The second kappa shape index (κ2) is 15.1. The first-order chi connectivity index (χ1) is 21.9. The smallest absolute Gasteiger partial charge is 0.295 e. The first-order valence-electron chi connectivity index (χ1n) is 15.6. The zero-order chi connectivity index (χ0) is 31.8. The van der Waals surface area contributed by atoms with Gasteiger partial charge in [-0.2, -0.15) is 0 Å². The molecule has 3 aromatic rings. The quantitative estimate of drug-likeness (QED) is 0.116. The van der Waals surface area contributed by atoms with Crippen LogP contribution < -0.4 is 14.2 Å². The first kappa shape index (κ1) is 32.1. The van der Waals surface area contributed by atoms with Crippen molar-refractivity contribution in [2.75, 3.05) is 53.1 Å². The molecule has 2 aliphatic heterocycles. The van der Waals surface area contributed by atoms with Gasteiger partial charge in [0.25, 0.3) is 11.7 Å². The van der Waals surface area contributed by atoms with Crippen molar-refractivity contribution >= 4 is 17.4 Å². The average molecular weight is 615 g/mol. The number of Topliss-reactive ketones (excluding diaryl/α,β-unsaturated/α-hetero) is 1. The summed E-state index contributed by atoms with van der Waals surface area (Å²) in [4.78, 5) is 30.9. The van der Waals surface area contributed by atoms with Gasteiger partial charge >= 0.3 is 0 Å². The molecule has 2 heterocycles. The van der Waals surface area contributed by atoms with E-state index >= 15 is 0 Å². The van der Waals surface area contributed by atoms with Crippen LogP contribution >= 0.6 is 0 Å². The third-order valence-electron chi connectivity index (χ3n) is 8.18. The van der Waals surface area contributed by atoms with Crippen molar-refractivity contribution in [2.24, 2.45) is 0 Å². The number of ketones is 1. The van der Waals surface area contributed by atoms with Crippen LogP contribution in [0.5, 0.6) is 17.2 Å². The number of unbranched alkanes of at least 4 members (excludes halogenated alkanes) is 1. The predicted molar refractivity (Wildman–Crippen MR) is 172 cm³/mol. The molecule has 0 aromatic heterocycles. The fourth-order valence-corrected chi connectivity index (χ4v) is 5.66. The number of aliphatic hydroxyl groups is 1. The van der Waals surface area contributed by atoms with Gasteiger partial charge in [0.1, 0.15) is 18.1 Å². The van der Waals surface area contributed by atoms with Gasteiger partial charge in [0.15, 0.2) is 11.5 Å². The van der Waals surface area contributed by atoms with Crippen LogP contribution in [0.2, 0.25) is 0 Å².